The van der Waals surface area contributed by atoms with Gasteiger partial charge in [-0.25, -0.2) is 4.98 Å². The van der Waals surface area contributed by atoms with Crippen molar-refractivity contribution in [2.75, 3.05) is 7.05 Å². The van der Waals surface area contributed by atoms with Crippen molar-refractivity contribution >= 4 is 34.5 Å². The van der Waals surface area contributed by atoms with Crippen LogP contribution in [-0.4, -0.2) is 12.0 Å². The van der Waals surface area contributed by atoms with Crippen molar-refractivity contribution < 1.29 is 0 Å². The molecule has 1 aromatic carbocycles. The fourth-order valence-corrected chi connectivity index (χ4v) is 2.58. The van der Waals surface area contributed by atoms with Gasteiger partial charge in [-0.3, -0.25) is 0 Å². The highest BCUT2D eigenvalue weighted by Crippen LogP contribution is 2.29. The average Bonchev–Trinajstić information content (AvgIpc) is 2.78. The van der Waals surface area contributed by atoms with Crippen LogP contribution in [-0.2, 0) is 0 Å². The third-order valence-corrected chi connectivity index (χ3v) is 3.84. The van der Waals surface area contributed by atoms with E-state index in [1.54, 1.807) is 23.6 Å². The Hall–Kier alpha value is -0.610. The van der Waals surface area contributed by atoms with E-state index in [0.717, 1.165) is 10.6 Å². The molecule has 84 valence electrons. The number of benzene rings is 1. The van der Waals surface area contributed by atoms with Crippen molar-refractivity contribution in [1.82, 2.24) is 10.3 Å². The van der Waals surface area contributed by atoms with E-state index in [1.165, 1.54) is 0 Å². The molecule has 0 amide bonds. The van der Waals surface area contributed by atoms with Crippen molar-refractivity contribution in [3.05, 3.63) is 50.4 Å². The van der Waals surface area contributed by atoms with Crippen molar-refractivity contribution in [1.29, 1.82) is 0 Å². The number of hydrogen-bond acceptors (Lipinski definition) is 3. The molecule has 16 heavy (non-hydrogen) atoms. The van der Waals surface area contributed by atoms with Gasteiger partial charge in [-0.05, 0) is 24.7 Å². The normalized spacial score (nSPS) is 12.7. The highest BCUT2D eigenvalue weighted by molar-refractivity contribution is 7.09. The van der Waals surface area contributed by atoms with E-state index in [4.69, 9.17) is 23.2 Å². The fourth-order valence-electron chi connectivity index (χ4n) is 1.50. The minimum atomic E-state index is 0.0646. The number of halogens is 2. The molecule has 0 spiro atoms. The molecule has 2 nitrogen and oxygen atoms in total. The Balaban J connectivity index is 2.37. The van der Waals surface area contributed by atoms with Crippen molar-refractivity contribution in [2.24, 2.45) is 0 Å². The predicted molar refractivity (Wildman–Crippen MR) is 69.5 cm³/mol. The van der Waals surface area contributed by atoms with Gasteiger partial charge in [-0.1, -0.05) is 29.3 Å². The smallest absolute Gasteiger partial charge is 0.114 e. The van der Waals surface area contributed by atoms with Crippen LogP contribution in [0.15, 0.2) is 29.8 Å². The van der Waals surface area contributed by atoms with Crippen LogP contribution >= 0.6 is 34.5 Å². The second-order valence-electron chi connectivity index (χ2n) is 3.27. The van der Waals surface area contributed by atoms with Gasteiger partial charge in [-0.2, -0.15) is 0 Å². The van der Waals surface area contributed by atoms with Gasteiger partial charge in [0.15, 0.2) is 0 Å². The van der Waals surface area contributed by atoms with Crippen LogP contribution in [0.1, 0.15) is 16.6 Å². The fraction of sp³-hybridized carbons (Fsp3) is 0.182. The molecule has 1 atom stereocenters. The van der Waals surface area contributed by atoms with Gasteiger partial charge >= 0.3 is 0 Å². The third kappa shape index (κ3) is 2.38. The van der Waals surface area contributed by atoms with Gasteiger partial charge in [-0.15, -0.1) is 11.3 Å². The van der Waals surface area contributed by atoms with Gasteiger partial charge in [0.1, 0.15) is 5.01 Å². The van der Waals surface area contributed by atoms with Crippen LogP contribution in [0.5, 0.6) is 0 Å². The molecule has 0 saturated heterocycles. The summed E-state index contributed by atoms with van der Waals surface area (Å²) < 4.78 is 0. The summed E-state index contributed by atoms with van der Waals surface area (Å²) >= 11 is 13.5. The number of hydrogen-bond donors (Lipinski definition) is 1. The number of rotatable bonds is 3. The quantitative estimate of drug-likeness (QED) is 0.921. The highest BCUT2D eigenvalue weighted by Gasteiger charge is 2.15. The maximum atomic E-state index is 6.00. The Labute approximate surface area is 108 Å². The molecule has 2 aromatic rings. The van der Waals surface area contributed by atoms with Crippen LogP contribution in [0.3, 0.4) is 0 Å². The molecular weight excluding hydrogens is 263 g/mol. The Kier molecular flexibility index (Phi) is 3.82. The maximum absolute atomic E-state index is 6.00. The van der Waals surface area contributed by atoms with Gasteiger partial charge in [0.2, 0.25) is 0 Å². The van der Waals surface area contributed by atoms with Gasteiger partial charge in [0.05, 0.1) is 16.1 Å². The molecule has 0 bridgehead atoms. The largest absolute Gasteiger partial charge is 0.307 e. The summed E-state index contributed by atoms with van der Waals surface area (Å²) in [6, 6.07) is 5.69. The van der Waals surface area contributed by atoms with Crippen molar-refractivity contribution in [3.8, 4) is 0 Å². The van der Waals surface area contributed by atoms with Crippen LogP contribution in [0.25, 0.3) is 0 Å². The maximum Gasteiger partial charge on any atom is 0.114 e. The first-order chi connectivity index (χ1) is 7.72. The van der Waals surface area contributed by atoms with E-state index in [9.17, 15) is 0 Å². The molecule has 1 N–H and O–H groups in total. The monoisotopic (exact) mass is 272 g/mol. The molecule has 2 rings (SSSR count). The summed E-state index contributed by atoms with van der Waals surface area (Å²) in [6.07, 6.45) is 1.79. The van der Waals surface area contributed by atoms with Gasteiger partial charge < -0.3 is 5.32 Å². The molecule has 5 heteroatoms. The SMILES string of the molecule is CNC(c1ccc(Cl)c(Cl)c1)c1nccs1. The van der Waals surface area contributed by atoms with E-state index in [-0.39, 0.29) is 6.04 Å². The summed E-state index contributed by atoms with van der Waals surface area (Å²) in [5.74, 6) is 0. The minimum absolute atomic E-state index is 0.0646. The van der Waals surface area contributed by atoms with Crippen molar-refractivity contribution in [3.63, 3.8) is 0 Å². The second-order valence-corrected chi connectivity index (χ2v) is 5.01. The first-order valence-electron chi connectivity index (χ1n) is 4.74. The lowest BCUT2D eigenvalue weighted by Crippen LogP contribution is -2.17. The zero-order valence-electron chi connectivity index (χ0n) is 8.58. The molecule has 0 aliphatic heterocycles. The Morgan fingerprint density at radius 2 is 2.12 bits per heavy atom. The highest BCUT2D eigenvalue weighted by atomic mass is 35.5. The minimum Gasteiger partial charge on any atom is -0.307 e. The lowest BCUT2D eigenvalue weighted by Gasteiger charge is -2.14. The lowest BCUT2D eigenvalue weighted by molar-refractivity contribution is 0.686. The topological polar surface area (TPSA) is 24.9 Å². The molecular formula is C11H10Cl2N2S. The molecule has 0 radical (unpaired) electrons. The molecule has 0 aliphatic rings. The number of aromatic nitrogens is 1. The lowest BCUT2D eigenvalue weighted by atomic mass is 10.1. The Morgan fingerprint density at radius 3 is 2.69 bits per heavy atom. The zero-order valence-corrected chi connectivity index (χ0v) is 10.9. The standard InChI is InChI=1S/C11H10Cl2N2S/c1-14-10(11-15-4-5-16-11)7-2-3-8(12)9(13)6-7/h2-6,10,14H,1H3. The van der Waals surface area contributed by atoms with E-state index in [1.807, 2.05) is 24.6 Å². The Morgan fingerprint density at radius 1 is 1.31 bits per heavy atom. The zero-order chi connectivity index (χ0) is 11.5. The molecule has 1 unspecified atom stereocenters. The number of thiazole rings is 1. The second kappa shape index (κ2) is 5.15. The first-order valence-corrected chi connectivity index (χ1v) is 6.37. The van der Waals surface area contributed by atoms with Gasteiger partial charge in [0.25, 0.3) is 0 Å². The molecule has 0 saturated carbocycles. The molecule has 1 aromatic heterocycles. The average molecular weight is 273 g/mol. The summed E-state index contributed by atoms with van der Waals surface area (Å²) in [4.78, 5) is 4.30. The summed E-state index contributed by atoms with van der Waals surface area (Å²) in [5, 5.41) is 7.32. The van der Waals surface area contributed by atoms with E-state index < -0.39 is 0 Å². The molecule has 1 heterocycles. The van der Waals surface area contributed by atoms with E-state index in [0.29, 0.717) is 10.0 Å². The number of nitrogens with zero attached hydrogens (tertiary/aromatic N) is 1. The van der Waals surface area contributed by atoms with Crippen LogP contribution in [0.2, 0.25) is 10.0 Å². The summed E-state index contributed by atoms with van der Waals surface area (Å²) in [5.41, 5.74) is 1.06. The van der Waals surface area contributed by atoms with Crippen LogP contribution < -0.4 is 5.32 Å². The molecule has 0 fully saturated rings. The Bertz CT molecular complexity index is 471. The number of nitrogens with one attached hydrogen (secondary N) is 1. The third-order valence-electron chi connectivity index (χ3n) is 2.26. The van der Waals surface area contributed by atoms with E-state index >= 15 is 0 Å². The van der Waals surface area contributed by atoms with Crippen molar-refractivity contribution in [2.45, 2.75) is 6.04 Å². The van der Waals surface area contributed by atoms with Crippen LogP contribution in [0, 0.1) is 0 Å². The summed E-state index contributed by atoms with van der Waals surface area (Å²) in [6.45, 7) is 0. The van der Waals surface area contributed by atoms with E-state index in [2.05, 4.69) is 10.3 Å². The molecule has 0 aliphatic carbocycles. The first kappa shape index (κ1) is 11.9. The summed E-state index contributed by atoms with van der Waals surface area (Å²) in [7, 11) is 1.90. The van der Waals surface area contributed by atoms with Crippen LogP contribution in [0.4, 0.5) is 0 Å². The predicted octanol–water partition coefficient (Wildman–Crippen LogP) is 3.76. The van der Waals surface area contributed by atoms with Gasteiger partial charge in [0, 0.05) is 11.6 Å².